The Morgan fingerprint density at radius 3 is 2.41 bits per heavy atom. The predicted octanol–water partition coefficient (Wildman–Crippen LogP) is 4.64. The topological polar surface area (TPSA) is 17.1 Å². The third kappa shape index (κ3) is 2.59. The number of ketones is 1. The van der Waals surface area contributed by atoms with Gasteiger partial charge in [0.05, 0.1) is 0 Å². The molecule has 0 fully saturated rings. The number of hydrogen-bond donors (Lipinski definition) is 0. The van der Waals surface area contributed by atoms with Crippen molar-refractivity contribution in [3.8, 4) is 0 Å². The minimum atomic E-state index is 0.0143. The Morgan fingerprint density at radius 1 is 1.12 bits per heavy atom. The van der Waals surface area contributed by atoms with Gasteiger partial charge in [0.1, 0.15) is 0 Å². The zero-order valence-corrected chi connectivity index (χ0v) is 11.5. The van der Waals surface area contributed by atoms with Gasteiger partial charge < -0.3 is 0 Å². The van der Waals surface area contributed by atoms with Crippen molar-refractivity contribution in [3.05, 3.63) is 68.7 Å². The van der Waals surface area contributed by atoms with Crippen molar-refractivity contribution in [1.29, 1.82) is 0 Å². The molecule has 86 valence electrons. The summed E-state index contributed by atoms with van der Waals surface area (Å²) < 4.78 is 0.942. The molecule has 2 aromatic rings. The van der Waals surface area contributed by atoms with Gasteiger partial charge in [-0.3, -0.25) is 4.79 Å². The third-order valence-corrected chi connectivity index (χ3v) is 3.73. The van der Waals surface area contributed by atoms with E-state index in [1.807, 2.05) is 25.1 Å². The van der Waals surface area contributed by atoms with Gasteiger partial charge in [0.2, 0.25) is 0 Å². The van der Waals surface area contributed by atoms with Crippen molar-refractivity contribution in [2.45, 2.75) is 6.92 Å². The summed E-state index contributed by atoms with van der Waals surface area (Å²) in [5, 5.41) is 0.632. The van der Waals surface area contributed by atoms with Gasteiger partial charge in [0.15, 0.2) is 5.78 Å². The Bertz CT molecular complexity index is 561. The van der Waals surface area contributed by atoms with E-state index in [-0.39, 0.29) is 5.78 Å². The average Bonchev–Trinajstić information content (AvgIpc) is 2.33. The summed E-state index contributed by atoms with van der Waals surface area (Å²) in [5.41, 5.74) is 2.31. The molecular weight excluding hydrogens is 300 g/mol. The van der Waals surface area contributed by atoms with Crippen LogP contribution in [0.25, 0.3) is 0 Å². The van der Waals surface area contributed by atoms with Gasteiger partial charge in [-0.1, -0.05) is 39.7 Å². The smallest absolute Gasteiger partial charge is 0.193 e. The van der Waals surface area contributed by atoms with Gasteiger partial charge in [-0.05, 0) is 42.8 Å². The number of rotatable bonds is 2. The first kappa shape index (κ1) is 12.3. The van der Waals surface area contributed by atoms with E-state index in [0.29, 0.717) is 16.1 Å². The Morgan fingerprint density at radius 2 is 1.76 bits per heavy atom. The zero-order chi connectivity index (χ0) is 12.4. The van der Waals surface area contributed by atoms with Crippen molar-refractivity contribution in [2.24, 2.45) is 0 Å². The van der Waals surface area contributed by atoms with Crippen LogP contribution in [0.3, 0.4) is 0 Å². The second kappa shape index (κ2) is 5.03. The Labute approximate surface area is 114 Å². The highest BCUT2D eigenvalue weighted by Gasteiger charge is 2.12. The number of carbonyl (C=O) groups excluding carboxylic acids is 1. The summed E-state index contributed by atoms with van der Waals surface area (Å²) in [5.74, 6) is 0.0143. The van der Waals surface area contributed by atoms with Crippen LogP contribution < -0.4 is 0 Å². The largest absolute Gasteiger partial charge is 0.289 e. The van der Waals surface area contributed by atoms with Crippen LogP contribution in [-0.2, 0) is 0 Å². The van der Waals surface area contributed by atoms with E-state index in [0.717, 1.165) is 10.0 Å². The molecule has 2 aromatic carbocycles. The molecular formula is C14H10BrClO. The standard InChI is InChI=1S/C14H10BrClO/c1-9-12(3-2-4-13(9)15)14(17)10-5-7-11(16)8-6-10/h2-8H,1H3. The molecule has 0 aliphatic heterocycles. The van der Waals surface area contributed by atoms with Crippen molar-refractivity contribution in [1.82, 2.24) is 0 Å². The fraction of sp³-hybridized carbons (Fsp3) is 0.0714. The van der Waals surface area contributed by atoms with E-state index >= 15 is 0 Å². The molecule has 0 amide bonds. The number of halogens is 2. The Hall–Kier alpha value is -1.12. The minimum Gasteiger partial charge on any atom is -0.289 e. The molecule has 3 heteroatoms. The normalized spacial score (nSPS) is 10.3. The number of carbonyl (C=O) groups is 1. The first-order valence-electron chi connectivity index (χ1n) is 5.15. The van der Waals surface area contributed by atoms with E-state index < -0.39 is 0 Å². The highest BCUT2D eigenvalue weighted by atomic mass is 79.9. The van der Waals surface area contributed by atoms with Crippen LogP contribution >= 0.6 is 27.5 Å². The average molecular weight is 310 g/mol. The molecule has 0 spiro atoms. The lowest BCUT2D eigenvalue weighted by Gasteiger charge is -2.06. The summed E-state index contributed by atoms with van der Waals surface area (Å²) in [6.07, 6.45) is 0. The molecule has 1 nitrogen and oxygen atoms in total. The van der Waals surface area contributed by atoms with Crippen molar-refractivity contribution >= 4 is 33.3 Å². The highest BCUT2D eigenvalue weighted by Crippen LogP contribution is 2.22. The molecule has 0 N–H and O–H groups in total. The first-order chi connectivity index (χ1) is 8.09. The summed E-state index contributed by atoms with van der Waals surface area (Å²) in [6.45, 7) is 1.92. The molecule has 0 aromatic heterocycles. The quantitative estimate of drug-likeness (QED) is 0.738. The molecule has 0 aliphatic carbocycles. The molecule has 0 atom stereocenters. The minimum absolute atomic E-state index is 0.0143. The maximum absolute atomic E-state index is 12.3. The molecule has 0 radical (unpaired) electrons. The lowest BCUT2D eigenvalue weighted by molar-refractivity contribution is 0.103. The lowest BCUT2D eigenvalue weighted by Crippen LogP contribution is -2.03. The fourth-order valence-electron chi connectivity index (χ4n) is 1.61. The molecule has 0 heterocycles. The maximum Gasteiger partial charge on any atom is 0.193 e. The summed E-state index contributed by atoms with van der Waals surface area (Å²) >= 11 is 9.23. The summed E-state index contributed by atoms with van der Waals surface area (Å²) in [6, 6.07) is 12.5. The Balaban J connectivity index is 2.44. The molecule has 0 aliphatic rings. The second-order valence-electron chi connectivity index (χ2n) is 3.75. The van der Waals surface area contributed by atoms with E-state index in [9.17, 15) is 4.79 Å². The second-order valence-corrected chi connectivity index (χ2v) is 5.04. The molecule has 0 unspecified atom stereocenters. The van der Waals surface area contributed by atoms with Crippen LogP contribution in [0, 0.1) is 6.92 Å². The maximum atomic E-state index is 12.3. The lowest BCUT2D eigenvalue weighted by atomic mass is 9.99. The van der Waals surface area contributed by atoms with Crippen LogP contribution in [0.4, 0.5) is 0 Å². The van der Waals surface area contributed by atoms with Crippen molar-refractivity contribution in [3.63, 3.8) is 0 Å². The zero-order valence-electron chi connectivity index (χ0n) is 9.21. The van der Waals surface area contributed by atoms with Gasteiger partial charge in [-0.25, -0.2) is 0 Å². The van der Waals surface area contributed by atoms with Gasteiger partial charge >= 0.3 is 0 Å². The molecule has 0 bridgehead atoms. The van der Waals surface area contributed by atoms with Crippen LogP contribution in [-0.4, -0.2) is 5.78 Å². The fourth-order valence-corrected chi connectivity index (χ4v) is 2.10. The number of hydrogen-bond acceptors (Lipinski definition) is 1. The van der Waals surface area contributed by atoms with E-state index in [1.165, 1.54) is 0 Å². The van der Waals surface area contributed by atoms with Gasteiger partial charge in [0.25, 0.3) is 0 Å². The van der Waals surface area contributed by atoms with Crippen molar-refractivity contribution in [2.75, 3.05) is 0 Å². The number of benzene rings is 2. The summed E-state index contributed by atoms with van der Waals surface area (Å²) in [4.78, 5) is 12.3. The van der Waals surface area contributed by atoms with E-state index in [4.69, 9.17) is 11.6 Å². The highest BCUT2D eigenvalue weighted by molar-refractivity contribution is 9.10. The van der Waals surface area contributed by atoms with Gasteiger partial charge in [-0.2, -0.15) is 0 Å². The van der Waals surface area contributed by atoms with Crippen LogP contribution in [0.5, 0.6) is 0 Å². The summed E-state index contributed by atoms with van der Waals surface area (Å²) in [7, 11) is 0. The van der Waals surface area contributed by atoms with Crippen LogP contribution in [0.1, 0.15) is 21.5 Å². The van der Waals surface area contributed by atoms with Crippen LogP contribution in [0.15, 0.2) is 46.9 Å². The SMILES string of the molecule is Cc1c(Br)cccc1C(=O)c1ccc(Cl)cc1. The third-order valence-electron chi connectivity index (χ3n) is 2.62. The van der Waals surface area contributed by atoms with Gasteiger partial charge in [0, 0.05) is 20.6 Å². The predicted molar refractivity (Wildman–Crippen MR) is 73.8 cm³/mol. The van der Waals surface area contributed by atoms with Crippen molar-refractivity contribution < 1.29 is 4.79 Å². The monoisotopic (exact) mass is 308 g/mol. The van der Waals surface area contributed by atoms with E-state index in [2.05, 4.69) is 15.9 Å². The van der Waals surface area contributed by atoms with Gasteiger partial charge in [-0.15, -0.1) is 0 Å². The molecule has 0 saturated carbocycles. The molecule has 17 heavy (non-hydrogen) atoms. The van der Waals surface area contributed by atoms with Crippen LogP contribution in [0.2, 0.25) is 5.02 Å². The molecule has 0 saturated heterocycles. The van der Waals surface area contributed by atoms with E-state index in [1.54, 1.807) is 24.3 Å². The molecule has 2 rings (SSSR count). The first-order valence-corrected chi connectivity index (χ1v) is 6.32. The Kier molecular flexibility index (Phi) is 3.65.